The molecule has 1 aromatic heterocycles. The molecule has 0 aliphatic heterocycles. The van der Waals surface area contributed by atoms with E-state index in [1.54, 1.807) is 6.20 Å². The van der Waals surface area contributed by atoms with Crippen LogP contribution in [0.15, 0.2) is 59.4 Å². The second kappa shape index (κ2) is 5.28. The number of rotatable bonds is 4. The van der Waals surface area contributed by atoms with Gasteiger partial charge in [0, 0.05) is 28.9 Å². The molecule has 2 nitrogen and oxygen atoms in total. The van der Waals surface area contributed by atoms with Crippen molar-refractivity contribution in [2.45, 2.75) is 0 Å². The topological polar surface area (TPSA) is 29.1 Å². The van der Waals surface area contributed by atoms with Gasteiger partial charge in [0.1, 0.15) is 0 Å². The van der Waals surface area contributed by atoms with Crippen molar-refractivity contribution in [3.63, 3.8) is 0 Å². The Balaban J connectivity index is 1.93. The number of hydrogen-bond donors (Lipinski definition) is 1. The molecule has 2 aromatic rings. The molecular weight excluding hydrogens is 218 g/mol. The summed E-state index contributed by atoms with van der Waals surface area (Å²) in [6, 6.07) is 11.5. The predicted octanol–water partition coefficient (Wildman–Crippen LogP) is 3.56. The molecule has 0 radical (unpaired) electrons. The molecule has 0 unspecified atom stereocenters. The van der Waals surface area contributed by atoms with E-state index in [0.717, 1.165) is 11.3 Å². The largest absolute Gasteiger partial charge is 0.362 e. The summed E-state index contributed by atoms with van der Waals surface area (Å²) in [5.74, 6) is 0.0182. The Morgan fingerprint density at radius 1 is 1.19 bits per heavy atom. The van der Waals surface area contributed by atoms with Crippen molar-refractivity contribution in [2.24, 2.45) is 0 Å². The van der Waals surface area contributed by atoms with Crippen LogP contribution >= 0.6 is 11.3 Å². The molecule has 1 heterocycles. The van der Waals surface area contributed by atoms with Crippen LogP contribution in [0.2, 0.25) is 0 Å². The molecule has 16 heavy (non-hydrogen) atoms. The lowest BCUT2D eigenvalue weighted by molar-refractivity contribution is 0.104. The van der Waals surface area contributed by atoms with Gasteiger partial charge in [-0.1, -0.05) is 18.2 Å². The van der Waals surface area contributed by atoms with Gasteiger partial charge in [0.25, 0.3) is 0 Å². The number of thiophene rings is 1. The number of carbonyl (C=O) groups is 1. The van der Waals surface area contributed by atoms with Crippen LogP contribution in [0.1, 0.15) is 10.4 Å². The molecule has 0 saturated heterocycles. The zero-order valence-corrected chi connectivity index (χ0v) is 9.41. The lowest BCUT2D eigenvalue weighted by Gasteiger charge is -1.98. The fourth-order valence-electron chi connectivity index (χ4n) is 1.25. The lowest BCUT2D eigenvalue weighted by Crippen LogP contribution is -1.93. The van der Waals surface area contributed by atoms with Gasteiger partial charge >= 0.3 is 0 Å². The van der Waals surface area contributed by atoms with E-state index in [0.29, 0.717) is 0 Å². The van der Waals surface area contributed by atoms with Gasteiger partial charge < -0.3 is 5.32 Å². The molecule has 0 fully saturated rings. The Kier molecular flexibility index (Phi) is 3.51. The third-order valence-corrected chi connectivity index (χ3v) is 2.75. The third-order valence-electron chi connectivity index (χ3n) is 2.06. The van der Waals surface area contributed by atoms with Crippen LogP contribution < -0.4 is 5.32 Å². The normalized spacial score (nSPS) is 10.5. The van der Waals surface area contributed by atoms with E-state index in [1.807, 2.05) is 47.2 Å². The smallest absolute Gasteiger partial charge is 0.188 e. The van der Waals surface area contributed by atoms with E-state index in [2.05, 4.69) is 5.32 Å². The van der Waals surface area contributed by atoms with Gasteiger partial charge in [0.2, 0.25) is 0 Å². The Hall–Kier alpha value is -1.87. The zero-order valence-electron chi connectivity index (χ0n) is 8.59. The highest BCUT2D eigenvalue weighted by Crippen LogP contribution is 2.08. The summed E-state index contributed by atoms with van der Waals surface area (Å²) in [7, 11) is 0. The number of carbonyl (C=O) groups excluding carboxylic acids is 1. The molecule has 3 heteroatoms. The molecule has 80 valence electrons. The predicted molar refractivity (Wildman–Crippen MR) is 67.9 cm³/mol. The van der Waals surface area contributed by atoms with Crippen molar-refractivity contribution in [3.8, 4) is 0 Å². The van der Waals surface area contributed by atoms with E-state index in [9.17, 15) is 4.79 Å². The second-order valence-electron chi connectivity index (χ2n) is 3.22. The minimum Gasteiger partial charge on any atom is -0.362 e. The maximum Gasteiger partial charge on any atom is 0.188 e. The Morgan fingerprint density at radius 2 is 2.00 bits per heavy atom. The van der Waals surface area contributed by atoms with Crippen LogP contribution in [0, 0.1) is 0 Å². The number of hydrogen-bond acceptors (Lipinski definition) is 3. The molecule has 0 bridgehead atoms. The first-order chi connectivity index (χ1) is 7.86. The van der Waals surface area contributed by atoms with Crippen molar-refractivity contribution in [2.75, 3.05) is 5.32 Å². The first kappa shape index (κ1) is 10.6. The van der Waals surface area contributed by atoms with Crippen molar-refractivity contribution in [1.82, 2.24) is 0 Å². The van der Waals surface area contributed by atoms with Gasteiger partial charge in [-0.25, -0.2) is 0 Å². The van der Waals surface area contributed by atoms with E-state index in [4.69, 9.17) is 0 Å². The number of allylic oxidation sites excluding steroid dienone is 1. The van der Waals surface area contributed by atoms with Crippen molar-refractivity contribution in [1.29, 1.82) is 0 Å². The van der Waals surface area contributed by atoms with Crippen LogP contribution in [0.3, 0.4) is 0 Å². The summed E-state index contributed by atoms with van der Waals surface area (Å²) < 4.78 is 0. The molecular formula is C13H11NOS. The van der Waals surface area contributed by atoms with E-state index >= 15 is 0 Å². The third kappa shape index (κ3) is 2.81. The molecule has 1 aromatic carbocycles. The molecule has 1 N–H and O–H groups in total. The molecule has 0 amide bonds. The fraction of sp³-hybridized carbons (Fsp3) is 0. The second-order valence-corrected chi connectivity index (χ2v) is 4.00. The number of ketones is 1. The minimum atomic E-state index is 0.0182. The number of nitrogens with one attached hydrogen (secondary N) is 1. The first-order valence-corrected chi connectivity index (χ1v) is 5.85. The maximum atomic E-state index is 11.6. The van der Waals surface area contributed by atoms with Gasteiger partial charge in [-0.2, -0.15) is 11.3 Å². The Morgan fingerprint density at radius 3 is 2.69 bits per heavy atom. The van der Waals surface area contributed by atoms with Crippen molar-refractivity contribution in [3.05, 3.63) is 65.0 Å². The monoisotopic (exact) mass is 229 g/mol. The van der Waals surface area contributed by atoms with Gasteiger partial charge in [0.05, 0.1) is 0 Å². The Labute approximate surface area is 98.2 Å². The summed E-state index contributed by atoms with van der Waals surface area (Å²) in [6.45, 7) is 0. The number of para-hydroxylation sites is 1. The van der Waals surface area contributed by atoms with Crippen LogP contribution in [-0.2, 0) is 0 Å². The minimum absolute atomic E-state index is 0.0182. The van der Waals surface area contributed by atoms with Crippen LogP contribution in [0.4, 0.5) is 5.69 Å². The summed E-state index contributed by atoms with van der Waals surface area (Å²) in [4.78, 5) is 11.6. The van der Waals surface area contributed by atoms with Crippen LogP contribution in [0.5, 0.6) is 0 Å². The van der Waals surface area contributed by atoms with Gasteiger partial charge in [-0.15, -0.1) is 0 Å². The van der Waals surface area contributed by atoms with Gasteiger partial charge in [-0.3, -0.25) is 4.79 Å². The highest BCUT2D eigenvalue weighted by molar-refractivity contribution is 7.08. The molecule has 0 spiro atoms. The van der Waals surface area contributed by atoms with E-state index in [1.165, 1.54) is 17.4 Å². The van der Waals surface area contributed by atoms with Crippen molar-refractivity contribution < 1.29 is 4.79 Å². The quantitative estimate of drug-likeness (QED) is 0.641. The summed E-state index contributed by atoms with van der Waals surface area (Å²) >= 11 is 1.52. The van der Waals surface area contributed by atoms with Crippen LogP contribution in [0.25, 0.3) is 0 Å². The number of benzene rings is 1. The van der Waals surface area contributed by atoms with Crippen molar-refractivity contribution >= 4 is 22.8 Å². The standard InChI is InChI=1S/C13H11NOS/c15-13(11-7-9-16-10-11)6-8-14-12-4-2-1-3-5-12/h1-10,14H/b8-6-. The average molecular weight is 229 g/mol. The number of anilines is 1. The summed E-state index contributed by atoms with van der Waals surface area (Å²) in [5, 5.41) is 6.78. The van der Waals surface area contributed by atoms with E-state index < -0.39 is 0 Å². The van der Waals surface area contributed by atoms with E-state index in [-0.39, 0.29) is 5.78 Å². The summed E-state index contributed by atoms with van der Waals surface area (Å²) in [6.07, 6.45) is 3.20. The zero-order chi connectivity index (χ0) is 11.2. The highest BCUT2D eigenvalue weighted by atomic mass is 32.1. The highest BCUT2D eigenvalue weighted by Gasteiger charge is 1.99. The molecule has 0 aliphatic rings. The molecule has 0 atom stereocenters. The summed E-state index contributed by atoms with van der Waals surface area (Å²) in [5.41, 5.74) is 1.70. The van der Waals surface area contributed by atoms with Gasteiger partial charge in [0.15, 0.2) is 5.78 Å². The maximum absolute atomic E-state index is 11.6. The first-order valence-electron chi connectivity index (χ1n) is 4.91. The molecule has 0 saturated carbocycles. The lowest BCUT2D eigenvalue weighted by atomic mass is 10.2. The molecule has 2 rings (SSSR count). The molecule has 0 aliphatic carbocycles. The Bertz CT molecular complexity index is 474. The van der Waals surface area contributed by atoms with Gasteiger partial charge in [-0.05, 0) is 23.6 Å². The fourth-order valence-corrected chi connectivity index (χ4v) is 1.89. The SMILES string of the molecule is O=C(/C=C\Nc1ccccc1)c1ccsc1. The average Bonchev–Trinajstić information content (AvgIpc) is 2.84. The van der Waals surface area contributed by atoms with Crippen LogP contribution in [-0.4, -0.2) is 5.78 Å².